The first kappa shape index (κ1) is 26.0. The van der Waals surface area contributed by atoms with Gasteiger partial charge < -0.3 is 15.0 Å². The number of aromatic nitrogens is 2. The molecule has 0 bridgehead atoms. The standard InChI is InChI=1S/C22H30FN5O4S2/c1-7-17-25-20(34-27-17)26-18(29)14-9-16(33-12(14)3)15-8-13(23)10-28(15)19(30)11(2)24-21(31)32-22(4,5)6/h9,11,13,15H,7-8,10H2,1-6H3,(H,24,31)(H,25,26,27,29)/t11-,13+,15?/m0/s1. The molecule has 1 unspecified atom stereocenters. The molecule has 0 spiro atoms. The summed E-state index contributed by atoms with van der Waals surface area (Å²) in [5.41, 5.74) is -0.256. The number of rotatable bonds is 6. The van der Waals surface area contributed by atoms with Crippen LogP contribution in [0.3, 0.4) is 0 Å². The number of nitrogens with one attached hydrogen (secondary N) is 2. The minimum absolute atomic E-state index is 0.0765. The molecule has 0 aliphatic carbocycles. The lowest BCUT2D eigenvalue weighted by Crippen LogP contribution is -2.48. The lowest BCUT2D eigenvalue weighted by molar-refractivity contribution is -0.134. The summed E-state index contributed by atoms with van der Waals surface area (Å²) in [6.07, 6.45) is -1.11. The minimum Gasteiger partial charge on any atom is -0.444 e. The van der Waals surface area contributed by atoms with Crippen molar-refractivity contribution in [3.05, 3.63) is 27.2 Å². The molecule has 2 aromatic rings. The van der Waals surface area contributed by atoms with Gasteiger partial charge in [-0.3, -0.25) is 14.9 Å². The quantitative estimate of drug-likeness (QED) is 0.600. The van der Waals surface area contributed by atoms with Gasteiger partial charge in [0.1, 0.15) is 23.6 Å². The number of halogens is 1. The number of nitrogens with zero attached hydrogens (tertiary/aromatic N) is 3. The second-order valence-electron chi connectivity index (χ2n) is 9.15. The highest BCUT2D eigenvalue weighted by Gasteiger charge is 2.39. The average molecular weight is 512 g/mol. The largest absolute Gasteiger partial charge is 0.444 e. The summed E-state index contributed by atoms with van der Waals surface area (Å²) < 4.78 is 23.8. The highest BCUT2D eigenvalue weighted by atomic mass is 32.1. The van der Waals surface area contributed by atoms with E-state index in [0.29, 0.717) is 27.8 Å². The van der Waals surface area contributed by atoms with Crippen molar-refractivity contribution in [1.29, 1.82) is 0 Å². The number of hydrogen-bond acceptors (Lipinski definition) is 8. The third kappa shape index (κ3) is 6.29. The van der Waals surface area contributed by atoms with Crippen molar-refractivity contribution in [2.75, 3.05) is 11.9 Å². The molecule has 3 amide bonds. The van der Waals surface area contributed by atoms with Gasteiger partial charge in [-0.25, -0.2) is 14.2 Å². The fourth-order valence-electron chi connectivity index (χ4n) is 3.60. The molecule has 1 aliphatic rings. The molecule has 9 nitrogen and oxygen atoms in total. The molecular weight excluding hydrogens is 481 g/mol. The number of hydrogen-bond donors (Lipinski definition) is 2. The summed E-state index contributed by atoms with van der Waals surface area (Å²) in [7, 11) is 0. The number of thiophene rings is 1. The summed E-state index contributed by atoms with van der Waals surface area (Å²) >= 11 is 2.46. The summed E-state index contributed by atoms with van der Waals surface area (Å²) in [5, 5.41) is 5.69. The first-order valence-corrected chi connectivity index (χ1v) is 12.6. The van der Waals surface area contributed by atoms with E-state index < -0.39 is 35.9 Å². The van der Waals surface area contributed by atoms with Gasteiger partial charge in [-0.1, -0.05) is 6.92 Å². The zero-order valence-corrected chi connectivity index (χ0v) is 21.7. The molecule has 2 aromatic heterocycles. The Labute approximate surface area is 206 Å². The van der Waals surface area contributed by atoms with Crippen LogP contribution in [-0.2, 0) is 16.0 Å². The van der Waals surface area contributed by atoms with Crippen molar-refractivity contribution < 1.29 is 23.5 Å². The Bertz CT molecular complexity index is 1060. The Kier molecular flexibility index (Phi) is 7.91. The summed E-state index contributed by atoms with van der Waals surface area (Å²) in [6, 6.07) is 0.284. The highest BCUT2D eigenvalue weighted by molar-refractivity contribution is 7.12. The number of anilines is 1. The molecule has 186 valence electrons. The Morgan fingerprint density at radius 2 is 2.06 bits per heavy atom. The van der Waals surface area contributed by atoms with Gasteiger partial charge in [-0.15, -0.1) is 11.3 Å². The normalized spacial score (nSPS) is 19.1. The molecule has 1 saturated heterocycles. The van der Waals surface area contributed by atoms with Crippen LogP contribution in [-0.4, -0.2) is 56.5 Å². The van der Waals surface area contributed by atoms with Crippen molar-refractivity contribution in [3.63, 3.8) is 0 Å². The van der Waals surface area contributed by atoms with Crippen LogP contribution >= 0.6 is 22.9 Å². The molecule has 3 atom stereocenters. The predicted octanol–water partition coefficient (Wildman–Crippen LogP) is 4.25. The van der Waals surface area contributed by atoms with Crippen LogP contribution in [0, 0.1) is 6.92 Å². The second kappa shape index (κ2) is 10.3. The Morgan fingerprint density at radius 1 is 1.35 bits per heavy atom. The van der Waals surface area contributed by atoms with E-state index in [1.165, 1.54) is 16.2 Å². The van der Waals surface area contributed by atoms with E-state index in [0.717, 1.165) is 16.4 Å². The van der Waals surface area contributed by atoms with Crippen LogP contribution in [0.5, 0.6) is 0 Å². The van der Waals surface area contributed by atoms with Crippen LogP contribution in [0.25, 0.3) is 0 Å². The lowest BCUT2D eigenvalue weighted by Gasteiger charge is -2.28. The predicted molar refractivity (Wildman–Crippen MR) is 129 cm³/mol. The fraction of sp³-hybridized carbons (Fsp3) is 0.591. The van der Waals surface area contributed by atoms with Gasteiger partial charge >= 0.3 is 6.09 Å². The summed E-state index contributed by atoms with van der Waals surface area (Å²) in [6.45, 7) is 10.4. The van der Waals surface area contributed by atoms with Crippen molar-refractivity contribution in [2.45, 2.75) is 78.2 Å². The molecule has 0 aromatic carbocycles. The SMILES string of the molecule is CCc1nsc(NC(=O)c2cc(C3C[C@@H](F)CN3C(=O)[C@H](C)NC(=O)OC(C)(C)C)sc2C)n1. The molecule has 0 saturated carbocycles. The number of carbonyl (C=O) groups is 3. The van der Waals surface area contributed by atoms with E-state index >= 15 is 0 Å². The van der Waals surface area contributed by atoms with E-state index in [1.54, 1.807) is 40.7 Å². The number of alkyl carbamates (subject to hydrolysis) is 1. The van der Waals surface area contributed by atoms with Crippen molar-refractivity contribution in [1.82, 2.24) is 19.6 Å². The number of aryl methyl sites for hydroxylation is 2. The number of alkyl halides is 1. The molecule has 0 radical (unpaired) electrons. The Morgan fingerprint density at radius 3 is 2.68 bits per heavy atom. The Hall–Kier alpha value is -2.60. The maximum absolute atomic E-state index is 14.4. The summed E-state index contributed by atoms with van der Waals surface area (Å²) in [5.74, 6) is -0.0771. The first-order valence-electron chi connectivity index (χ1n) is 11.1. The van der Waals surface area contributed by atoms with Gasteiger partial charge in [0.05, 0.1) is 18.2 Å². The van der Waals surface area contributed by atoms with E-state index in [4.69, 9.17) is 4.74 Å². The molecule has 3 heterocycles. The van der Waals surface area contributed by atoms with Gasteiger partial charge in [0.15, 0.2) is 0 Å². The van der Waals surface area contributed by atoms with Gasteiger partial charge in [0.2, 0.25) is 11.0 Å². The molecule has 3 rings (SSSR count). The maximum atomic E-state index is 14.4. The Balaban J connectivity index is 1.73. The fourth-order valence-corrected chi connectivity index (χ4v) is 5.40. The molecule has 34 heavy (non-hydrogen) atoms. The molecule has 1 aliphatic heterocycles. The van der Waals surface area contributed by atoms with Crippen molar-refractivity contribution >= 4 is 45.9 Å². The average Bonchev–Trinajstić information content (AvgIpc) is 3.43. The van der Waals surface area contributed by atoms with Crippen LogP contribution < -0.4 is 10.6 Å². The molecule has 2 N–H and O–H groups in total. The zero-order valence-electron chi connectivity index (χ0n) is 20.1. The van der Waals surface area contributed by atoms with E-state index in [9.17, 15) is 18.8 Å². The smallest absolute Gasteiger partial charge is 0.408 e. The number of carbonyl (C=O) groups excluding carboxylic acids is 3. The van der Waals surface area contributed by atoms with Gasteiger partial charge in [0.25, 0.3) is 5.91 Å². The van der Waals surface area contributed by atoms with Crippen LogP contribution in [0.2, 0.25) is 0 Å². The molecule has 12 heteroatoms. The monoisotopic (exact) mass is 511 g/mol. The number of amides is 3. The van der Waals surface area contributed by atoms with Crippen LogP contribution in [0.15, 0.2) is 6.07 Å². The number of ether oxygens (including phenoxy) is 1. The van der Waals surface area contributed by atoms with E-state index in [-0.39, 0.29) is 18.9 Å². The third-order valence-corrected chi connectivity index (χ3v) is 6.97. The molecule has 1 fully saturated rings. The number of likely N-dealkylation sites (tertiary alicyclic amines) is 1. The minimum atomic E-state index is -1.20. The zero-order chi connectivity index (χ0) is 25.2. The van der Waals surface area contributed by atoms with Gasteiger partial charge in [0, 0.05) is 34.1 Å². The van der Waals surface area contributed by atoms with E-state index in [1.807, 2.05) is 6.92 Å². The maximum Gasteiger partial charge on any atom is 0.408 e. The van der Waals surface area contributed by atoms with Gasteiger partial charge in [-0.05, 0) is 40.7 Å². The van der Waals surface area contributed by atoms with Crippen LogP contribution in [0.1, 0.15) is 73.0 Å². The topological polar surface area (TPSA) is 114 Å². The highest BCUT2D eigenvalue weighted by Crippen LogP contribution is 2.39. The first-order chi connectivity index (χ1) is 15.9. The third-order valence-electron chi connectivity index (χ3n) is 5.15. The van der Waals surface area contributed by atoms with Crippen molar-refractivity contribution in [2.24, 2.45) is 0 Å². The lowest BCUT2D eigenvalue weighted by atomic mass is 10.1. The van der Waals surface area contributed by atoms with Gasteiger partial charge in [-0.2, -0.15) is 4.37 Å². The van der Waals surface area contributed by atoms with Crippen molar-refractivity contribution in [3.8, 4) is 0 Å². The second-order valence-corrected chi connectivity index (χ2v) is 11.2. The molecular formula is C22H30FN5O4S2. The van der Waals surface area contributed by atoms with Crippen LogP contribution in [0.4, 0.5) is 14.3 Å². The van der Waals surface area contributed by atoms with E-state index in [2.05, 4.69) is 20.0 Å². The summed E-state index contributed by atoms with van der Waals surface area (Å²) in [4.78, 5) is 45.1.